The topological polar surface area (TPSA) is 25.2 Å². The smallest absolute Gasteiger partial charge is 0.223 e. The molecule has 182 valence electrons. The number of carbonyl (C=O) groups is 1. The van der Waals surface area contributed by atoms with Gasteiger partial charge in [-0.15, -0.1) is 0 Å². The Hall–Kier alpha value is -3.47. The molecule has 0 aliphatic carbocycles. The Morgan fingerprint density at radius 2 is 1.46 bits per heavy atom. The van der Waals surface area contributed by atoms with E-state index in [0.29, 0.717) is 13.0 Å². The molecule has 1 aromatic heterocycles. The first-order valence-electron chi connectivity index (χ1n) is 12.4. The average Bonchev–Trinajstić information content (AvgIpc) is 3.22. The van der Waals surface area contributed by atoms with Crippen LogP contribution in [0.3, 0.4) is 0 Å². The second-order valence-corrected chi connectivity index (χ2v) is 9.05. The second kappa shape index (κ2) is 11.3. The molecule has 35 heavy (non-hydrogen) atoms. The van der Waals surface area contributed by atoms with Crippen LogP contribution in [0.2, 0.25) is 0 Å². The van der Waals surface area contributed by atoms with Gasteiger partial charge in [0, 0.05) is 49.1 Å². The summed E-state index contributed by atoms with van der Waals surface area (Å²) < 4.78 is 29.3. The number of para-hydroxylation sites is 1. The molecule has 3 nitrogen and oxygen atoms in total. The Labute approximate surface area is 206 Å². The van der Waals surface area contributed by atoms with Gasteiger partial charge in [-0.1, -0.05) is 56.3 Å². The van der Waals surface area contributed by atoms with Gasteiger partial charge in [-0.25, -0.2) is 8.78 Å². The summed E-state index contributed by atoms with van der Waals surface area (Å²) in [7, 11) is 0. The van der Waals surface area contributed by atoms with Gasteiger partial charge < -0.3 is 9.47 Å². The van der Waals surface area contributed by atoms with Crippen molar-refractivity contribution in [3.63, 3.8) is 0 Å². The maximum Gasteiger partial charge on any atom is 0.223 e. The van der Waals surface area contributed by atoms with Gasteiger partial charge >= 0.3 is 0 Å². The Morgan fingerprint density at radius 3 is 2.09 bits per heavy atom. The van der Waals surface area contributed by atoms with Crippen molar-refractivity contribution in [2.75, 3.05) is 13.1 Å². The van der Waals surface area contributed by atoms with Crippen LogP contribution in [0.1, 0.15) is 55.7 Å². The Kier molecular flexibility index (Phi) is 7.96. The van der Waals surface area contributed by atoms with Crippen LogP contribution in [-0.2, 0) is 11.3 Å². The fourth-order valence-corrected chi connectivity index (χ4v) is 4.78. The van der Waals surface area contributed by atoms with Gasteiger partial charge in [0.25, 0.3) is 0 Å². The van der Waals surface area contributed by atoms with E-state index in [2.05, 4.69) is 36.7 Å². The lowest BCUT2D eigenvalue weighted by molar-refractivity contribution is -0.131. The number of fused-ring (bicyclic) bond motifs is 1. The number of halogens is 2. The van der Waals surface area contributed by atoms with Crippen molar-refractivity contribution in [2.24, 2.45) is 0 Å². The molecule has 4 rings (SSSR count). The van der Waals surface area contributed by atoms with Crippen molar-refractivity contribution in [2.45, 2.75) is 45.6 Å². The van der Waals surface area contributed by atoms with E-state index in [9.17, 15) is 13.6 Å². The zero-order valence-electron chi connectivity index (χ0n) is 20.4. The number of amides is 1. The van der Waals surface area contributed by atoms with E-state index in [1.165, 1.54) is 24.3 Å². The normalized spacial score (nSPS) is 12.1. The quantitative estimate of drug-likeness (QED) is 0.240. The van der Waals surface area contributed by atoms with Crippen LogP contribution < -0.4 is 0 Å². The highest BCUT2D eigenvalue weighted by atomic mass is 19.1. The third kappa shape index (κ3) is 5.79. The standard InChI is InChI=1S/C30H32F2N2O/c1-3-17-33(18-4-2)30(35)19-27(23-11-15-25(32)16-12-23)28-21-34(29-8-6-5-7-26(28)29)20-22-9-13-24(31)14-10-22/h5-16,21,27H,3-4,17-20H2,1-2H3/t27-/m1/s1. The number of aromatic nitrogens is 1. The van der Waals surface area contributed by atoms with Crippen molar-refractivity contribution in [1.29, 1.82) is 0 Å². The maximum atomic E-state index is 13.8. The number of hydrogen-bond donors (Lipinski definition) is 0. The number of hydrogen-bond acceptors (Lipinski definition) is 1. The van der Waals surface area contributed by atoms with Crippen molar-refractivity contribution in [1.82, 2.24) is 9.47 Å². The molecular formula is C30H32F2N2O. The minimum atomic E-state index is -0.295. The Balaban J connectivity index is 1.77. The number of rotatable bonds is 10. The van der Waals surface area contributed by atoms with E-state index in [1.807, 2.05) is 17.0 Å². The summed E-state index contributed by atoms with van der Waals surface area (Å²) in [6.45, 7) is 6.21. The number of benzene rings is 3. The summed E-state index contributed by atoms with van der Waals surface area (Å²) in [5.41, 5.74) is 3.99. The molecule has 0 unspecified atom stereocenters. The molecule has 4 aromatic rings. The molecule has 0 spiro atoms. The van der Waals surface area contributed by atoms with Crippen LogP contribution in [0.25, 0.3) is 10.9 Å². The summed E-state index contributed by atoms with van der Waals surface area (Å²) in [6.07, 6.45) is 4.23. The minimum Gasteiger partial charge on any atom is -0.343 e. The molecule has 0 radical (unpaired) electrons. The van der Waals surface area contributed by atoms with E-state index in [1.54, 1.807) is 24.3 Å². The maximum absolute atomic E-state index is 13.8. The molecule has 1 amide bonds. The molecule has 0 N–H and O–H groups in total. The number of carbonyl (C=O) groups excluding carboxylic acids is 1. The van der Waals surface area contributed by atoms with Crippen LogP contribution >= 0.6 is 0 Å². The predicted molar refractivity (Wildman–Crippen MR) is 137 cm³/mol. The van der Waals surface area contributed by atoms with Gasteiger partial charge in [0.15, 0.2) is 0 Å². The van der Waals surface area contributed by atoms with Gasteiger partial charge in [-0.05, 0) is 59.9 Å². The molecule has 5 heteroatoms. The summed E-state index contributed by atoms with van der Waals surface area (Å²) in [5, 5.41) is 1.06. The largest absolute Gasteiger partial charge is 0.343 e. The molecule has 0 saturated heterocycles. The minimum absolute atomic E-state index is 0.110. The van der Waals surface area contributed by atoms with E-state index < -0.39 is 0 Å². The molecule has 1 atom stereocenters. The lowest BCUT2D eigenvalue weighted by atomic mass is 9.87. The molecule has 3 aromatic carbocycles. The highest BCUT2D eigenvalue weighted by molar-refractivity contribution is 5.87. The van der Waals surface area contributed by atoms with Gasteiger partial charge in [0.2, 0.25) is 5.91 Å². The summed E-state index contributed by atoms with van der Waals surface area (Å²) >= 11 is 0. The number of nitrogens with zero attached hydrogens (tertiary/aromatic N) is 2. The highest BCUT2D eigenvalue weighted by Crippen LogP contribution is 2.35. The predicted octanol–water partition coefficient (Wildman–Crippen LogP) is 7.14. The lowest BCUT2D eigenvalue weighted by Gasteiger charge is -2.25. The van der Waals surface area contributed by atoms with Crippen molar-refractivity contribution >= 4 is 16.8 Å². The zero-order valence-corrected chi connectivity index (χ0v) is 20.4. The van der Waals surface area contributed by atoms with Gasteiger partial charge in [0.1, 0.15) is 11.6 Å². The first-order valence-corrected chi connectivity index (χ1v) is 12.4. The molecule has 0 bridgehead atoms. The van der Waals surface area contributed by atoms with Crippen molar-refractivity contribution in [3.8, 4) is 0 Å². The summed E-state index contributed by atoms with van der Waals surface area (Å²) in [5.74, 6) is -0.654. The fourth-order valence-electron chi connectivity index (χ4n) is 4.78. The molecule has 1 heterocycles. The van der Waals surface area contributed by atoms with E-state index in [-0.39, 0.29) is 23.5 Å². The third-order valence-electron chi connectivity index (χ3n) is 6.45. The third-order valence-corrected chi connectivity index (χ3v) is 6.45. The Bertz CT molecular complexity index is 1260. The van der Waals surface area contributed by atoms with Crippen LogP contribution in [-0.4, -0.2) is 28.5 Å². The van der Waals surface area contributed by atoms with Crippen molar-refractivity contribution in [3.05, 3.63) is 107 Å². The first-order chi connectivity index (χ1) is 17.0. The lowest BCUT2D eigenvalue weighted by Crippen LogP contribution is -2.33. The molecular weight excluding hydrogens is 442 g/mol. The van der Waals surface area contributed by atoms with Crippen LogP contribution in [0.4, 0.5) is 8.78 Å². The molecule has 0 saturated carbocycles. The monoisotopic (exact) mass is 474 g/mol. The van der Waals surface area contributed by atoms with E-state index >= 15 is 0 Å². The summed E-state index contributed by atoms with van der Waals surface area (Å²) in [6, 6.07) is 21.1. The van der Waals surface area contributed by atoms with Gasteiger partial charge in [0.05, 0.1) is 0 Å². The SMILES string of the molecule is CCCN(CCC)C(=O)C[C@H](c1ccc(F)cc1)c1cn(Cc2ccc(F)cc2)c2ccccc12. The molecule has 0 fully saturated rings. The first kappa shape index (κ1) is 24.6. The zero-order chi connectivity index (χ0) is 24.8. The van der Waals surface area contributed by atoms with E-state index in [0.717, 1.165) is 53.5 Å². The van der Waals surface area contributed by atoms with Crippen LogP contribution in [0.5, 0.6) is 0 Å². The fraction of sp³-hybridized carbons (Fsp3) is 0.300. The molecule has 0 aliphatic rings. The van der Waals surface area contributed by atoms with Gasteiger partial charge in [-0.3, -0.25) is 4.79 Å². The Morgan fingerprint density at radius 1 is 0.857 bits per heavy atom. The van der Waals surface area contributed by atoms with Crippen LogP contribution in [0.15, 0.2) is 79.0 Å². The molecule has 0 aliphatic heterocycles. The van der Waals surface area contributed by atoms with E-state index in [4.69, 9.17) is 0 Å². The van der Waals surface area contributed by atoms with Crippen molar-refractivity contribution < 1.29 is 13.6 Å². The average molecular weight is 475 g/mol. The summed E-state index contributed by atoms with van der Waals surface area (Å²) in [4.78, 5) is 15.4. The highest BCUT2D eigenvalue weighted by Gasteiger charge is 2.25. The van der Waals surface area contributed by atoms with Gasteiger partial charge in [-0.2, -0.15) is 0 Å². The van der Waals surface area contributed by atoms with Crippen LogP contribution in [0, 0.1) is 11.6 Å². The second-order valence-electron chi connectivity index (χ2n) is 9.05.